The Morgan fingerprint density at radius 1 is 1.29 bits per heavy atom. The first kappa shape index (κ1) is 11.5. The predicted molar refractivity (Wildman–Crippen MR) is 64.9 cm³/mol. The number of carbonyl (C=O) groups is 1. The number of benzene rings is 1. The summed E-state index contributed by atoms with van der Waals surface area (Å²) in [4.78, 5) is 11.7. The fourth-order valence-corrected chi connectivity index (χ4v) is 1.68. The molecule has 17 heavy (non-hydrogen) atoms. The van der Waals surface area contributed by atoms with Crippen molar-refractivity contribution in [3.05, 3.63) is 47.7 Å². The van der Waals surface area contributed by atoms with Gasteiger partial charge in [0.1, 0.15) is 17.1 Å². The molecule has 1 heterocycles. The fraction of sp³-hybridized carbons (Fsp3) is 0.214. The Hall–Kier alpha value is -2.03. The highest BCUT2D eigenvalue weighted by Crippen LogP contribution is 2.28. The minimum absolute atomic E-state index is 0.368. The summed E-state index contributed by atoms with van der Waals surface area (Å²) in [6, 6.07) is 11.3. The molecule has 0 aliphatic carbocycles. The van der Waals surface area contributed by atoms with Crippen LogP contribution in [-0.2, 0) is 11.2 Å². The monoisotopic (exact) mass is 230 g/mol. The molecule has 3 heteroatoms. The fourth-order valence-electron chi connectivity index (χ4n) is 1.68. The lowest BCUT2D eigenvalue weighted by molar-refractivity contribution is 0.0601. The van der Waals surface area contributed by atoms with Gasteiger partial charge in [-0.2, -0.15) is 0 Å². The molecular formula is C14H14O3. The second kappa shape index (κ2) is 4.87. The van der Waals surface area contributed by atoms with E-state index in [-0.39, 0.29) is 5.97 Å². The maximum absolute atomic E-state index is 11.7. The smallest absolute Gasteiger partial charge is 0.341 e. The summed E-state index contributed by atoms with van der Waals surface area (Å²) in [6.45, 7) is 1.98. The van der Waals surface area contributed by atoms with Crippen LogP contribution in [0.4, 0.5) is 0 Å². The zero-order valence-corrected chi connectivity index (χ0v) is 9.90. The highest BCUT2D eigenvalue weighted by molar-refractivity contribution is 5.95. The van der Waals surface area contributed by atoms with Gasteiger partial charge < -0.3 is 9.15 Å². The van der Waals surface area contributed by atoms with Gasteiger partial charge in [0.2, 0.25) is 0 Å². The largest absolute Gasteiger partial charge is 0.465 e. The second-order valence-electron chi connectivity index (χ2n) is 3.67. The van der Waals surface area contributed by atoms with Crippen LogP contribution in [0.25, 0.3) is 11.3 Å². The molecule has 0 spiro atoms. The maximum Gasteiger partial charge on any atom is 0.341 e. The lowest BCUT2D eigenvalue weighted by atomic mass is 10.1. The van der Waals surface area contributed by atoms with Gasteiger partial charge in [0.25, 0.3) is 0 Å². The van der Waals surface area contributed by atoms with Gasteiger partial charge in [-0.15, -0.1) is 0 Å². The van der Waals surface area contributed by atoms with Crippen molar-refractivity contribution in [1.82, 2.24) is 0 Å². The number of esters is 1. The van der Waals surface area contributed by atoms with Crippen molar-refractivity contribution < 1.29 is 13.9 Å². The summed E-state index contributed by atoms with van der Waals surface area (Å²) in [5.74, 6) is 0.992. The molecule has 2 rings (SSSR count). The van der Waals surface area contributed by atoms with Gasteiger partial charge in [0.05, 0.1) is 7.11 Å². The molecule has 1 aromatic heterocycles. The summed E-state index contributed by atoms with van der Waals surface area (Å²) in [5.41, 5.74) is 1.36. The topological polar surface area (TPSA) is 39.4 Å². The zero-order chi connectivity index (χ0) is 12.3. The number of ether oxygens (including phenoxy) is 1. The van der Waals surface area contributed by atoms with E-state index in [1.165, 1.54) is 7.11 Å². The third kappa shape index (κ3) is 2.23. The normalized spacial score (nSPS) is 10.2. The number of aryl methyl sites for hydroxylation is 1. The molecule has 0 N–H and O–H groups in total. The number of carbonyl (C=O) groups excluding carboxylic acids is 1. The minimum Gasteiger partial charge on any atom is -0.465 e. The van der Waals surface area contributed by atoms with E-state index in [0.717, 1.165) is 17.7 Å². The molecule has 88 valence electrons. The maximum atomic E-state index is 11.7. The average molecular weight is 230 g/mol. The Labute approximate surface area is 100 Å². The van der Waals surface area contributed by atoms with Crippen LogP contribution in [-0.4, -0.2) is 13.1 Å². The van der Waals surface area contributed by atoms with Gasteiger partial charge in [-0.3, -0.25) is 0 Å². The number of furan rings is 1. The van der Waals surface area contributed by atoms with E-state index in [0.29, 0.717) is 11.3 Å². The molecule has 0 radical (unpaired) electrons. The Morgan fingerprint density at radius 2 is 2.00 bits per heavy atom. The van der Waals surface area contributed by atoms with Crippen LogP contribution in [0.2, 0.25) is 0 Å². The van der Waals surface area contributed by atoms with E-state index in [2.05, 4.69) is 0 Å². The number of rotatable bonds is 3. The van der Waals surface area contributed by atoms with Gasteiger partial charge in [0.15, 0.2) is 0 Å². The van der Waals surface area contributed by atoms with Crippen LogP contribution in [0.3, 0.4) is 0 Å². The molecule has 0 amide bonds. The van der Waals surface area contributed by atoms with Crippen molar-refractivity contribution in [1.29, 1.82) is 0 Å². The summed E-state index contributed by atoms with van der Waals surface area (Å²) in [6.07, 6.45) is 0.747. The number of hydrogen-bond donors (Lipinski definition) is 0. The van der Waals surface area contributed by atoms with Crippen LogP contribution in [0.15, 0.2) is 40.8 Å². The van der Waals surface area contributed by atoms with E-state index in [1.807, 2.05) is 37.3 Å². The lowest BCUT2D eigenvalue weighted by Crippen LogP contribution is -2.00. The molecule has 1 aromatic carbocycles. The van der Waals surface area contributed by atoms with Crippen LogP contribution < -0.4 is 0 Å². The van der Waals surface area contributed by atoms with Crippen LogP contribution in [0, 0.1) is 0 Å². The van der Waals surface area contributed by atoms with Crippen LogP contribution >= 0.6 is 0 Å². The first-order valence-corrected chi connectivity index (χ1v) is 5.52. The van der Waals surface area contributed by atoms with Crippen molar-refractivity contribution >= 4 is 5.97 Å². The third-order valence-electron chi connectivity index (χ3n) is 2.57. The van der Waals surface area contributed by atoms with Crippen molar-refractivity contribution in [2.45, 2.75) is 13.3 Å². The average Bonchev–Trinajstić information content (AvgIpc) is 2.83. The van der Waals surface area contributed by atoms with Crippen molar-refractivity contribution in [3.63, 3.8) is 0 Å². The molecule has 0 saturated heterocycles. The molecule has 0 atom stereocenters. The third-order valence-corrected chi connectivity index (χ3v) is 2.57. The second-order valence-corrected chi connectivity index (χ2v) is 3.67. The molecule has 0 aliphatic heterocycles. The highest BCUT2D eigenvalue weighted by atomic mass is 16.5. The van der Waals surface area contributed by atoms with Gasteiger partial charge in [-0.25, -0.2) is 4.79 Å². The van der Waals surface area contributed by atoms with Gasteiger partial charge in [-0.05, 0) is 6.07 Å². The predicted octanol–water partition coefficient (Wildman–Crippen LogP) is 3.30. The first-order valence-electron chi connectivity index (χ1n) is 5.52. The van der Waals surface area contributed by atoms with E-state index >= 15 is 0 Å². The van der Waals surface area contributed by atoms with E-state index in [1.54, 1.807) is 6.07 Å². The minimum atomic E-state index is -0.368. The number of hydrogen-bond acceptors (Lipinski definition) is 3. The Kier molecular flexibility index (Phi) is 3.28. The first-order chi connectivity index (χ1) is 8.26. The Bertz CT molecular complexity index is 512. The summed E-state index contributed by atoms with van der Waals surface area (Å²) >= 11 is 0. The molecular weight excluding hydrogens is 216 g/mol. The Balaban J connectivity index is 2.52. The SMILES string of the molecule is CCc1cc(C(=O)OC)c(-c2ccccc2)o1. The molecule has 0 saturated carbocycles. The van der Waals surface area contributed by atoms with E-state index in [4.69, 9.17) is 9.15 Å². The molecule has 0 unspecified atom stereocenters. The zero-order valence-electron chi connectivity index (χ0n) is 9.90. The summed E-state index contributed by atoms with van der Waals surface area (Å²) < 4.78 is 10.4. The van der Waals surface area contributed by atoms with Gasteiger partial charge in [-0.1, -0.05) is 37.3 Å². The summed E-state index contributed by atoms with van der Waals surface area (Å²) in [5, 5.41) is 0. The molecule has 2 aromatic rings. The highest BCUT2D eigenvalue weighted by Gasteiger charge is 2.18. The summed E-state index contributed by atoms with van der Waals surface area (Å²) in [7, 11) is 1.37. The van der Waals surface area contributed by atoms with Crippen molar-refractivity contribution in [2.75, 3.05) is 7.11 Å². The molecule has 0 bridgehead atoms. The van der Waals surface area contributed by atoms with Crippen LogP contribution in [0.1, 0.15) is 23.0 Å². The number of methoxy groups -OCH3 is 1. The van der Waals surface area contributed by atoms with Gasteiger partial charge in [0, 0.05) is 12.0 Å². The molecule has 0 aliphatic rings. The lowest BCUT2D eigenvalue weighted by Gasteiger charge is -2.00. The Morgan fingerprint density at radius 3 is 2.59 bits per heavy atom. The van der Waals surface area contributed by atoms with Crippen molar-refractivity contribution in [2.24, 2.45) is 0 Å². The standard InChI is InChI=1S/C14H14O3/c1-3-11-9-12(14(15)16-2)13(17-11)10-7-5-4-6-8-10/h4-9H,3H2,1-2H3. The molecule has 0 fully saturated rings. The quantitative estimate of drug-likeness (QED) is 0.759. The molecule has 3 nitrogen and oxygen atoms in total. The van der Waals surface area contributed by atoms with E-state index < -0.39 is 0 Å². The van der Waals surface area contributed by atoms with E-state index in [9.17, 15) is 4.79 Å². The van der Waals surface area contributed by atoms with Gasteiger partial charge >= 0.3 is 5.97 Å². The van der Waals surface area contributed by atoms with Crippen molar-refractivity contribution in [3.8, 4) is 11.3 Å². The van der Waals surface area contributed by atoms with Crippen LogP contribution in [0.5, 0.6) is 0 Å².